The third-order valence-electron chi connectivity index (χ3n) is 6.66. The Labute approximate surface area is 231 Å². The maximum absolute atomic E-state index is 13.9. The Balaban J connectivity index is 1.68. The standard InChI is InChI=1S/C30H31FN4O3S/c1-19-8-5-6-10-23(19)35-29-26(28(33-35)30(2,3)4)27(20-11-13-21(31)14-12-20)39-18-25(37)34(29)17-24(36)32-16-22-9-7-15-38-22/h5-15,27H,16-18H2,1-4H3,(H,32,36)/t27-/m1/s1. The van der Waals surface area contributed by atoms with Crippen molar-refractivity contribution in [2.45, 2.75) is 44.9 Å². The first-order valence-corrected chi connectivity index (χ1v) is 13.8. The fraction of sp³-hybridized carbons (Fsp3) is 0.300. The Morgan fingerprint density at radius 1 is 1.13 bits per heavy atom. The lowest BCUT2D eigenvalue weighted by molar-refractivity contribution is -0.123. The van der Waals surface area contributed by atoms with Crippen LogP contribution in [0.15, 0.2) is 71.3 Å². The zero-order valence-electron chi connectivity index (χ0n) is 22.4. The summed E-state index contributed by atoms with van der Waals surface area (Å²) in [5, 5.41) is 7.67. The van der Waals surface area contributed by atoms with Crippen LogP contribution in [0.3, 0.4) is 0 Å². The number of carbonyl (C=O) groups is 2. The number of nitrogens with one attached hydrogen (secondary N) is 1. The summed E-state index contributed by atoms with van der Waals surface area (Å²) in [7, 11) is 0. The van der Waals surface area contributed by atoms with Crippen molar-refractivity contribution in [2.75, 3.05) is 17.2 Å². The summed E-state index contributed by atoms with van der Waals surface area (Å²) in [5.74, 6) is 0.500. The second kappa shape index (κ2) is 10.7. The Morgan fingerprint density at radius 2 is 1.87 bits per heavy atom. The molecule has 9 heteroatoms. The van der Waals surface area contributed by atoms with E-state index in [4.69, 9.17) is 9.52 Å². The quantitative estimate of drug-likeness (QED) is 0.336. The maximum Gasteiger partial charge on any atom is 0.240 e. The molecular weight excluding hydrogens is 515 g/mol. The van der Waals surface area contributed by atoms with Crippen LogP contribution in [0.1, 0.15) is 54.2 Å². The number of anilines is 1. The van der Waals surface area contributed by atoms with Crippen LogP contribution in [0.2, 0.25) is 0 Å². The second-order valence-corrected chi connectivity index (χ2v) is 11.7. The molecule has 39 heavy (non-hydrogen) atoms. The first-order chi connectivity index (χ1) is 18.6. The van der Waals surface area contributed by atoms with Crippen LogP contribution in [0.25, 0.3) is 5.69 Å². The van der Waals surface area contributed by atoms with Crippen molar-refractivity contribution in [3.05, 3.63) is 101 Å². The van der Waals surface area contributed by atoms with Crippen molar-refractivity contribution in [2.24, 2.45) is 0 Å². The van der Waals surface area contributed by atoms with Crippen LogP contribution in [0, 0.1) is 12.7 Å². The van der Waals surface area contributed by atoms with Crippen LogP contribution in [-0.4, -0.2) is 33.9 Å². The van der Waals surface area contributed by atoms with Crippen LogP contribution in [0.4, 0.5) is 10.2 Å². The highest BCUT2D eigenvalue weighted by Gasteiger charge is 2.40. The number of hydrogen-bond donors (Lipinski definition) is 1. The van der Waals surface area contributed by atoms with Crippen molar-refractivity contribution in [1.29, 1.82) is 0 Å². The minimum atomic E-state index is -0.378. The molecule has 3 heterocycles. The maximum atomic E-state index is 13.9. The molecule has 0 fully saturated rings. The number of benzene rings is 2. The number of amides is 2. The van der Waals surface area contributed by atoms with Gasteiger partial charge in [0.25, 0.3) is 0 Å². The minimum Gasteiger partial charge on any atom is -0.467 e. The van der Waals surface area contributed by atoms with Crippen molar-refractivity contribution < 1.29 is 18.4 Å². The summed E-state index contributed by atoms with van der Waals surface area (Å²) < 4.78 is 21.0. The lowest BCUT2D eigenvalue weighted by atomic mass is 9.87. The van der Waals surface area contributed by atoms with Gasteiger partial charge in [0, 0.05) is 11.0 Å². The molecule has 5 rings (SSSR count). The highest BCUT2D eigenvalue weighted by Crippen LogP contribution is 2.48. The first kappa shape index (κ1) is 26.7. The smallest absolute Gasteiger partial charge is 0.240 e. The van der Waals surface area contributed by atoms with Gasteiger partial charge >= 0.3 is 0 Å². The van der Waals surface area contributed by atoms with E-state index in [1.54, 1.807) is 35.2 Å². The molecule has 0 radical (unpaired) electrons. The third kappa shape index (κ3) is 5.49. The monoisotopic (exact) mass is 546 g/mol. The Morgan fingerprint density at radius 3 is 2.54 bits per heavy atom. The lowest BCUT2D eigenvalue weighted by Crippen LogP contribution is -2.42. The fourth-order valence-corrected chi connectivity index (χ4v) is 5.94. The molecule has 0 saturated heterocycles. The molecule has 0 bridgehead atoms. The lowest BCUT2D eigenvalue weighted by Gasteiger charge is -2.24. The minimum absolute atomic E-state index is 0.152. The molecule has 2 aromatic carbocycles. The number of hydrogen-bond acceptors (Lipinski definition) is 5. The van der Waals surface area contributed by atoms with E-state index in [0.717, 1.165) is 28.1 Å². The molecule has 4 aromatic rings. The van der Waals surface area contributed by atoms with E-state index in [1.165, 1.54) is 28.8 Å². The van der Waals surface area contributed by atoms with Gasteiger partial charge in [0.2, 0.25) is 11.8 Å². The van der Waals surface area contributed by atoms with Gasteiger partial charge in [-0.25, -0.2) is 9.07 Å². The molecule has 0 aliphatic carbocycles. The molecule has 0 unspecified atom stereocenters. The SMILES string of the molecule is Cc1ccccc1-n1nc(C(C)(C)C)c2c1N(CC(=O)NCc1ccco1)C(=O)CS[C@@H]2c1ccc(F)cc1. The van der Waals surface area contributed by atoms with Crippen molar-refractivity contribution >= 4 is 29.4 Å². The number of furan rings is 1. The Bertz CT molecular complexity index is 1490. The Kier molecular flexibility index (Phi) is 7.36. The number of aromatic nitrogens is 2. The van der Waals surface area contributed by atoms with Crippen LogP contribution in [0.5, 0.6) is 0 Å². The number of para-hydroxylation sites is 1. The molecule has 202 valence electrons. The van der Waals surface area contributed by atoms with Gasteiger partial charge in [0.15, 0.2) is 0 Å². The molecule has 1 aliphatic rings. The molecular formula is C30H31FN4O3S. The van der Waals surface area contributed by atoms with Gasteiger partial charge in [-0.1, -0.05) is 51.1 Å². The van der Waals surface area contributed by atoms with Gasteiger partial charge in [-0.05, 0) is 48.4 Å². The van der Waals surface area contributed by atoms with E-state index >= 15 is 0 Å². The summed E-state index contributed by atoms with van der Waals surface area (Å²) in [6, 6.07) is 17.7. The normalized spacial score (nSPS) is 15.7. The van der Waals surface area contributed by atoms with Crippen molar-refractivity contribution in [1.82, 2.24) is 15.1 Å². The number of rotatable bonds is 6. The van der Waals surface area contributed by atoms with E-state index in [0.29, 0.717) is 11.6 Å². The van der Waals surface area contributed by atoms with Gasteiger partial charge in [0.05, 0.1) is 35.2 Å². The number of nitrogens with zero attached hydrogens (tertiary/aromatic N) is 3. The molecule has 1 aliphatic heterocycles. The molecule has 1 atom stereocenters. The predicted molar refractivity (Wildman–Crippen MR) is 151 cm³/mol. The highest BCUT2D eigenvalue weighted by atomic mass is 32.2. The molecule has 2 amide bonds. The average Bonchev–Trinajstić information content (AvgIpc) is 3.53. The van der Waals surface area contributed by atoms with E-state index in [2.05, 4.69) is 26.1 Å². The van der Waals surface area contributed by atoms with Crippen molar-refractivity contribution in [3.63, 3.8) is 0 Å². The average molecular weight is 547 g/mol. The summed E-state index contributed by atoms with van der Waals surface area (Å²) in [6.07, 6.45) is 1.55. The van der Waals surface area contributed by atoms with Gasteiger partial charge in [-0.3, -0.25) is 14.5 Å². The zero-order chi connectivity index (χ0) is 27.7. The van der Waals surface area contributed by atoms with E-state index in [1.807, 2.05) is 31.2 Å². The third-order valence-corrected chi connectivity index (χ3v) is 7.91. The largest absolute Gasteiger partial charge is 0.467 e. The molecule has 1 N–H and O–H groups in total. The van der Waals surface area contributed by atoms with Gasteiger partial charge in [-0.15, -0.1) is 11.8 Å². The van der Waals surface area contributed by atoms with Gasteiger partial charge < -0.3 is 9.73 Å². The molecule has 0 saturated carbocycles. The summed E-state index contributed by atoms with van der Waals surface area (Å²) >= 11 is 1.47. The topological polar surface area (TPSA) is 80.4 Å². The fourth-order valence-electron chi connectivity index (χ4n) is 4.74. The number of halogens is 1. The van der Waals surface area contributed by atoms with Gasteiger partial charge in [0.1, 0.15) is 23.9 Å². The van der Waals surface area contributed by atoms with Gasteiger partial charge in [-0.2, -0.15) is 5.10 Å². The van der Waals surface area contributed by atoms with E-state index in [9.17, 15) is 14.0 Å². The summed E-state index contributed by atoms with van der Waals surface area (Å²) in [5.41, 5.74) is 3.97. The first-order valence-electron chi connectivity index (χ1n) is 12.8. The highest BCUT2D eigenvalue weighted by molar-refractivity contribution is 8.00. The number of carbonyl (C=O) groups excluding carboxylic acids is 2. The van der Waals surface area contributed by atoms with E-state index < -0.39 is 0 Å². The Hall–Kier alpha value is -3.85. The number of fused-ring (bicyclic) bond motifs is 1. The number of thioether (sulfide) groups is 1. The van der Waals surface area contributed by atoms with Crippen LogP contribution in [-0.2, 0) is 21.5 Å². The summed E-state index contributed by atoms with van der Waals surface area (Å²) in [4.78, 5) is 28.4. The van der Waals surface area contributed by atoms with Crippen LogP contribution < -0.4 is 10.2 Å². The predicted octanol–water partition coefficient (Wildman–Crippen LogP) is 5.70. The molecule has 7 nitrogen and oxygen atoms in total. The zero-order valence-corrected chi connectivity index (χ0v) is 23.2. The van der Waals surface area contributed by atoms with Crippen molar-refractivity contribution in [3.8, 4) is 5.69 Å². The van der Waals surface area contributed by atoms with E-state index in [-0.39, 0.29) is 47.1 Å². The molecule has 2 aromatic heterocycles. The molecule has 0 spiro atoms. The second-order valence-electron chi connectivity index (χ2n) is 10.6. The number of aryl methyl sites for hydroxylation is 1. The van der Waals surface area contributed by atoms with Crippen LogP contribution >= 0.6 is 11.8 Å². The summed E-state index contributed by atoms with van der Waals surface area (Å²) in [6.45, 7) is 8.28.